The lowest BCUT2D eigenvalue weighted by Gasteiger charge is -2.35. The van der Waals surface area contributed by atoms with Crippen molar-refractivity contribution in [1.29, 1.82) is 0 Å². The summed E-state index contributed by atoms with van der Waals surface area (Å²) in [5.41, 5.74) is 0. The van der Waals surface area contributed by atoms with Crippen molar-refractivity contribution in [2.24, 2.45) is 17.8 Å². The van der Waals surface area contributed by atoms with Crippen LogP contribution in [0.15, 0.2) is 0 Å². The van der Waals surface area contributed by atoms with Gasteiger partial charge in [-0.2, -0.15) is 0 Å². The number of rotatable bonds is 4. The highest BCUT2D eigenvalue weighted by Crippen LogP contribution is 2.40. The van der Waals surface area contributed by atoms with Crippen molar-refractivity contribution in [2.75, 3.05) is 6.54 Å². The highest BCUT2D eigenvalue weighted by molar-refractivity contribution is 4.86. The Morgan fingerprint density at radius 1 is 0.667 bits per heavy atom. The molecule has 3 aliphatic rings. The average Bonchev–Trinajstić information content (AvgIpc) is 3.24. The van der Waals surface area contributed by atoms with Gasteiger partial charge in [0.2, 0.25) is 0 Å². The zero-order valence-corrected chi connectivity index (χ0v) is 12.0. The molecular weight excluding hydrogens is 218 g/mol. The van der Waals surface area contributed by atoms with Gasteiger partial charge in [-0.25, -0.2) is 0 Å². The summed E-state index contributed by atoms with van der Waals surface area (Å²) in [4.78, 5) is 0. The molecule has 104 valence electrons. The summed E-state index contributed by atoms with van der Waals surface area (Å²) in [6, 6.07) is 0.903. The van der Waals surface area contributed by atoms with Crippen LogP contribution in [0.25, 0.3) is 0 Å². The fourth-order valence-corrected chi connectivity index (χ4v) is 4.45. The van der Waals surface area contributed by atoms with Crippen LogP contribution in [0.5, 0.6) is 0 Å². The van der Waals surface area contributed by atoms with E-state index in [0.29, 0.717) is 0 Å². The van der Waals surface area contributed by atoms with Crippen LogP contribution < -0.4 is 5.32 Å². The summed E-state index contributed by atoms with van der Waals surface area (Å²) < 4.78 is 0. The van der Waals surface area contributed by atoms with Gasteiger partial charge in [0.25, 0.3) is 0 Å². The summed E-state index contributed by atoms with van der Waals surface area (Å²) in [6.45, 7) is 1.34. The Labute approximate surface area is 113 Å². The van der Waals surface area contributed by atoms with Crippen LogP contribution >= 0.6 is 0 Å². The van der Waals surface area contributed by atoms with Gasteiger partial charge >= 0.3 is 0 Å². The summed E-state index contributed by atoms with van der Waals surface area (Å²) in [5.74, 6) is 3.16. The lowest BCUT2D eigenvalue weighted by molar-refractivity contribution is 0.164. The van der Waals surface area contributed by atoms with E-state index in [4.69, 9.17) is 0 Å². The third-order valence-electron chi connectivity index (χ3n) is 5.72. The maximum absolute atomic E-state index is 3.82. The Kier molecular flexibility index (Phi) is 4.62. The summed E-state index contributed by atoms with van der Waals surface area (Å²) >= 11 is 0. The van der Waals surface area contributed by atoms with E-state index in [0.717, 1.165) is 23.8 Å². The minimum atomic E-state index is 0.903. The molecule has 0 saturated heterocycles. The predicted octanol–water partition coefficient (Wildman–Crippen LogP) is 4.52. The third kappa shape index (κ3) is 3.50. The number of nitrogens with one attached hydrogen (secondary N) is 1. The molecule has 3 rings (SSSR count). The fourth-order valence-electron chi connectivity index (χ4n) is 4.45. The van der Waals surface area contributed by atoms with Crippen LogP contribution in [-0.4, -0.2) is 12.6 Å². The van der Waals surface area contributed by atoms with Crippen molar-refractivity contribution in [3.05, 3.63) is 0 Å². The quantitative estimate of drug-likeness (QED) is 0.723. The first-order valence-corrected chi connectivity index (χ1v) is 8.67. The Hall–Kier alpha value is -0.0400. The maximum Gasteiger partial charge on any atom is 0.00683 e. The second-order valence-electron chi connectivity index (χ2n) is 7.14. The number of hydrogen-bond acceptors (Lipinski definition) is 1. The molecule has 0 heterocycles. The molecular formula is C17H31N. The Balaban J connectivity index is 1.57. The first-order chi connectivity index (χ1) is 8.93. The Morgan fingerprint density at radius 2 is 1.33 bits per heavy atom. The normalized spacial score (nSPS) is 35.3. The van der Waals surface area contributed by atoms with E-state index in [1.807, 2.05) is 0 Å². The predicted molar refractivity (Wildman–Crippen MR) is 77.7 cm³/mol. The van der Waals surface area contributed by atoms with Gasteiger partial charge in [-0.05, 0) is 50.0 Å². The Bertz CT molecular complexity index is 240. The van der Waals surface area contributed by atoms with E-state index in [2.05, 4.69) is 5.32 Å². The zero-order valence-electron chi connectivity index (χ0n) is 12.0. The molecule has 3 aliphatic carbocycles. The lowest BCUT2D eigenvalue weighted by Crippen LogP contribution is -2.33. The molecule has 1 nitrogen and oxygen atoms in total. The van der Waals surface area contributed by atoms with Crippen LogP contribution in [0.4, 0.5) is 0 Å². The second kappa shape index (κ2) is 6.41. The SMILES string of the molecule is C1CCC(C2CCCCCC2CNC2CC2)CC1. The lowest BCUT2D eigenvalue weighted by atomic mass is 9.72. The van der Waals surface area contributed by atoms with Gasteiger partial charge in [-0.15, -0.1) is 0 Å². The maximum atomic E-state index is 3.82. The molecule has 1 heteroatoms. The second-order valence-corrected chi connectivity index (χ2v) is 7.14. The van der Waals surface area contributed by atoms with Crippen molar-refractivity contribution < 1.29 is 0 Å². The van der Waals surface area contributed by atoms with Crippen molar-refractivity contribution in [2.45, 2.75) is 83.1 Å². The van der Waals surface area contributed by atoms with Crippen LogP contribution in [0, 0.1) is 17.8 Å². The molecule has 0 aromatic rings. The molecule has 1 N–H and O–H groups in total. The van der Waals surface area contributed by atoms with E-state index in [-0.39, 0.29) is 0 Å². The van der Waals surface area contributed by atoms with Gasteiger partial charge in [-0.1, -0.05) is 51.4 Å². The highest BCUT2D eigenvalue weighted by atomic mass is 14.9. The van der Waals surface area contributed by atoms with Crippen LogP contribution in [-0.2, 0) is 0 Å². The molecule has 3 fully saturated rings. The molecule has 0 spiro atoms. The molecule has 0 aliphatic heterocycles. The molecule has 0 amide bonds. The van der Waals surface area contributed by atoms with Gasteiger partial charge in [0.05, 0.1) is 0 Å². The molecule has 0 radical (unpaired) electrons. The van der Waals surface area contributed by atoms with E-state index in [1.165, 1.54) is 64.3 Å². The molecule has 0 aromatic heterocycles. The molecule has 3 saturated carbocycles. The Morgan fingerprint density at radius 3 is 2.06 bits per heavy atom. The van der Waals surface area contributed by atoms with Crippen molar-refractivity contribution in [3.8, 4) is 0 Å². The summed E-state index contributed by atoms with van der Waals surface area (Å²) in [6.07, 6.45) is 18.1. The van der Waals surface area contributed by atoms with Gasteiger partial charge in [0.15, 0.2) is 0 Å². The largest absolute Gasteiger partial charge is 0.314 e. The van der Waals surface area contributed by atoms with Crippen LogP contribution in [0.1, 0.15) is 77.0 Å². The molecule has 2 atom stereocenters. The van der Waals surface area contributed by atoms with Gasteiger partial charge in [-0.3, -0.25) is 0 Å². The van der Waals surface area contributed by atoms with E-state index >= 15 is 0 Å². The van der Waals surface area contributed by atoms with Crippen LogP contribution in [0.2, 0.25) is 0 Å². The first-order valence-electron chi connectivity index (χ1n) is 8.67. The van der Waals surface area contributed by atoms with E-state index in [1.54, 1.807) is 19.3 Å². The monoisotopic (exact) mass is 249 g/mol. The number of hydrogen-bond donors (Lipinski definition) is 1. The summed E-state index contributed by atoms with van der Waals surface area (Å²) in [7, 11) is 0. The average molecular weight is 249 g/mol. The smallest absolute Gasteiger partial charge is 0.00683 e. The van der Waals surface area contributed by atoms with Gasteiger partial charge < -0.3 is 5.32 Å². The first kappa shape index (κ1) is 13.0. The highest BCUT2D eigenvalue weighted by Gasteiger charge is 2.32. The zero-order chi connectivity index (χ0) is 12.2. The molecule has 0 bridgehead atoms. The van der Waals surface area contributed by atoms with Gasteiger partial charge in [0, 0.05) is 6.04 Å². The minimum Gasteiger partial charge on any atom is -0.314 e. The van der Waals surface area contributed by atoms with Crippen molar-refractivity contribution in [1.82, 2.24) is 5.32 Å². The fraction of sp³-hybridized carbons (Fsp3) is 1.00. The third-order valence-corrected chi connectivity index (χ3v) is 5.72. The van der Waals surface area contributed by atoms with Crippen molar-refractivity contribution in [3.63, 3.8) is 0 Å². The standard InChI is InChI=1S/C17H31N/c1-3-7-14(8-4-1)17-10-6-2-5-9-15(17)13-18-16-11-12-16/h14-18H,1-13H2. The molecule has 2 unspecified atom stereocenters. The van der Waals surface area contributed by atoms with Crippen molar-refractivity contribution >= 4 is 0 Å². The topological polar surface area (TPSA) is 12.0 Å². The van der Waals surface area contributed by atoms with E-state index in [9.17, 15) is 0 Å². The summed E-state index contributed by atoms with van der Waals surface area (Å²) in [5, 5.41) is 3.82. The molecule has 18 heavy (non-hydrogen) atoms. The van der Waals surface area contributed by atoms with Gasteiger partial charge in [0.1, 0.15) is 0 Å². The van der Waals surface area contributed by atoms with E-state index < -0.39 is 0 Å². The van der Waals surface area contributed by atoms with Crippen LogP contribution in [0.3, 0.4) is 0 Å². The minimum absolute atomic E-state index is 0.903. The molecule has 0 aromatic carbocycles.